The van der Waals surface area contributed by atoms with Crippen molar-refractivity contribution in [3.63, 3.8) is 0 Å². The molecule has 7 nitrogen and oxygen atoms in total. The third-order valence-corrected chi connectivity index (χ3v) is 5.96. The number of carbonyl (C=O) groups is 1. The molecular weight excluding hydrogens is 462 g/mol. The minimum absolute atomic E-state index is 0.0333. The quantitative estimate of drug-likeness (QED) is 0.517. The number of esters is 1. The van der Waals surface area contributed by atoms with Crippen molar-refractivity contribution in [2.24, 2.45) is 0 Å². The third-order valence-electron chi connectivity index (χ3n) is 3.95. The maximum Gasteiger partial charge on any atom is 0.339 e. The Bertz CT molecular complexity index is 961. The molecule has 9 heteroatoms. The topological polar surface area (TPSA) is 90.9 Å². The Labute approximate surface area is 179 Å². The van der Waals surface area contributed by atoms with Gasteiger partial charge in [0.05, 0.1) is 30.8 Å². The molecule has 158 valence electrons. The lowest BCUT2D eigenvalue weighted by Gasteiger charge is -2.13. The van der Waals surface area contributed by atoms with E-state index < -0.39 is 16.0 Å². The number of benzene rings is 2. The van der Waals surface area contributed by atoms with E-state index in [1.165, 1.54) is 19.2 Å². The Kier molecular flexibility index (Phi) is 8.48. The summed E-state index contributed by atoms with van der Waals surface area (Å²) in [6.07, 6.45) is 0.440. The highest BCUT2D eigenvalue weighted by atomic mass is 79.9. The average molecular weight is 486 g/mol. The monoisotopic (exact) mass is 485 g/mol. The number of halogens is 1. The lowest BCUT2D eigenvalue weighted by molar-refractivity contribution is 0.0596. The maximum atomic E-state index is 12.7. The summed E-state index contributed by atoms with van der Waals surface area (Å²) in [5, 5.41) is 0. The van der Waals surface area contributed by atoms with Crippen LogP contribution in [0.4, 0.5) is 0 Å². The Hall–Kier alpha value is -2.10. The van der Waals surface area contributed by atoms with E-state index in [9.17, 15) is 13.2 Å². The molecule has 2 aromatic carbocycles. The third kappa shape index (κ3) is 6.19. The van der Waals surface area contributed by atoms with Gasteiger partial charge in [-0.2, -0.15) is 0 Å². The number of ether oxygens (including phenoxy) is 3. The standard InChI is InChI=1S/C20H24BrNO6S/c1-4-27-17-8-6-14(12-18(17)28-5-2)10-11-22-29(24,25)19-9-7-15(21)13-16(19)20(23)26-3/h6-9,12-13,22H,4-5,10-11H2,1-3H3. The van der Waals surface area contributed by atoms with E-state index in [0.717, 1.165) is 5.56 Å². The Balaban J connectivity index is 2.14. The van der Waals surface area contributed by atoms with Crippen LogP contribution < -0.4 is 14.2 Å². The first-order valence-electron chi connectivity index (χ1n) is 9.08. The molecule has 0 saturated carbocycles. The second-order valence-corrected chi connectivity index (χ2v) is 8.58. The smallest absolute Gasteiger partial charge is 0.339 e. The summed E-state index contributed by atoms with van der Waals surface area (Å²) in [6, 6.07) is 9.85. The van der Waals surface area contributed by atoms with Crippen LogP contribution in [0.15, 0.2) is 45.8 Å². The molecule has 0 unspecified atom stereocenters. The Morgan fingerprint density at radius 1 is 1.03 bits per heavy atom. The van der Waals surface area contributed by atoms with Crippen LogP contribution in [0.25, 0.3) is 0 Å². The highest BCUT2D eigenvalue weighted by Gasteiger charge is 2.23. The lowest BCUT2D eigenvalue weighted by Crippen LogP contribution is -2.27. The minimum atomic E-state index is -3.90. The minimum Gasteiger partial charge on any atom is -0.490 e. The van der Waals surface area contributed by atoms with Crippen molar-refractivity contribution in [1.82, 2.24) is 4.72 Å². The van der Waals surface area contributed by atoms with E-state index in [1.54, 1.807) is 6.07 Å². The summed E-state index contributed by atoms with van der Waals surface area (Å²) in [5.74, 6) is 0.548. The number of nitrogens with one attached hydrogen (secondary N) is 1. The van der Waals surface area contributed by atoms with E-state index in [2.05, 4.69) is 20.7 Å². The molecule has 0 fully saturated rings. The summed E-state index contributed by atoms with van der Waals surface area (Å²) >= 11 is 3.23. The number of rotatable bonds is 10. The summed E-state index contributed by atoms with van der Waals surface area (Å²) in [7, 11) is -2.69. The van der Waals surface area contributed by atoms with Crippen LogP contribution in [0.2, 0.25) is 0 Å². The second kappa shape index (κ2) is 10.6. The van der Waals surface area contributed by atoms with Crippen molar-refractivity contribution in [3.8, 4) is 11.5 Å². The maximum absolute atomic E-state index is 12.7. The molecular formula is C20H24BrNO6S. The molecule has 0 saturated heterocycles. The van der Waals surface area contributed by atoms with Gasteiger partial charge in [-0.25, -0.2) is 17.9 Å². The van der Waals surface area contributed by atoms with Crippen molar-refractivity contribution >= 4 is 31.9 Å². The first kappa shape index (κ1) is 23.2. The van der Waals surface area contributed by atoms with E-state index in [1.807, 2.05) is 32.0 Å². The van der Waals surface area contributed by atoms with Gasteiger partial charge in [-0.15, -0.1) is 0 Å². The molecule has 0 amide bonds. The molecule has 0 aliphatic heterocycles. The van der Waals surface area contributed by atoms with Gasteiger partial charge >= 0.3 is 5.97 Å². The zero-order valence-corrected chi connectivity index (χ0v) is 18.9. The normalized spacial score (nSPS) is 11.2. The number of hydrogen-bond acceptors (Lipinski definition) is 6. The van der Waals surface area contributed by atoms with E-state index >= 15 is 0 Å². The highest BCUT2D eigenvalue weighted by Crippen LogP contribution is 2.28. The van der Waals surface area contributed by atoms with Crippen molar-refractivity contribution in [1.29, 1.82) is 0 Å². The fraction of sp³-hybridized carbons (Fsp3) is 0.350. The van der Waals surface area contributed by atoms with E-state index in [0.29, 0.717) is 35.6 Å². The van der Waals surface area contributed by atoms with Crippen LogP contribution in [0.5, 0.6) is 11.5 Å². The van der Waals surface area contributed by atoms with Gasteiger partial charge < -0.3 is 14.2 Å². The summed E-state index contributed by atoms with van der Waals surface area (Å²) in [6.45, 7) is 4.94. The van der Waals surface area contributed by atoms with Crippen LogP contribution in [0.3, 0.4) is 0 Å². The molecule has 0 radical (unpaired) electrons. The summed E-state index contributed by atoms with van der Waals surface area (Å²) < 4.78 is 44.3. The van der Waals surface area contributed by atoms with Crippen LogP contribution in [-0.2, 0) is 21.2 Å². The van der Waals surface area contributed by atoms with Crippen LogP contribution in [0.1, 0.15) is 29.8 Å². The summed E-state index contributed by atoms with van der Waals surface area (Å²) in [4.78, 5) is 11.8. The van der Waals surface area contributed by atoms with Gasteiger partial charge in [0.15, 0.2) is 11.5 Å². The first-order valence-corrected chi connectivity index (χ1v) is 11.4. The van der Waals surface area contributed by atoms with Gasteiger partial charge in [0.1, 0.15) is 0 Å². The molecule has 0 bridgehead atoms. The molecule has 0 aliphatic rings. The number of carbonyl (C=O) groups excluding carboxylic acids is 1. The molecule has 0 heterocycles. The predicted octanol–water partition coefficient (Wildman–Crippen LogP) is 3.55. The van der Waals surface area contributed by atoms with Crippen molar-refractivity contribution in [3.05, 3.63) is 52.0 Å². The average Bonchev–Trinajstić information content (AvgIpc) is 2.69. The SMILES string of the molecule is CCOc1ccc(CCNS(=O)(=O)c2ccc(Br)cc2C(=O)OC)cc1OCC. The van der Waals surface area contributed by atoms with E-state index in [-0.39, 0.29) is 17.0 Å². The number of sulfonamides is 1. The van der Waals surface area contributed by atoms with Gasteiger partial charge in [0.25, 0.3) is 0 Å². The number of methoxy groups -OCH3 is 1. The number of hydrogen-bond donors (Lipinski definition) is 1. The molecule has 2 rings (SSSR count). The molecule has 2 aromatic rings. The molecule has 0 spiro atoms. The van der Waals surface area contributed by atoms with Gasteiger partial charge in [0, 0.05) is 11.0 Å². The van der Waals surface area contributed by atoms with E-state index in [4.69, 9.17) is 14.2 Å². The largest absolute Gasteiger partial charge is 0.490 e. The molecule has 0 aromatic heterocycles. The summed E-state index contributed by atoms with van der Waals surface area (Å²) in [5.41, 5.74) is 0.859. The zero-order chi connectivity index (χ0) is 21.4. The van der Waals surface area contributed by atoms with Crippen molar-refractivity contribution < 1.29 is 27.4 Å². The Morgan fingerprint density at radius 3 is 2.38 bits per heavy atom. The van der Waals surface area contributed by atoms with Crippen LogP contribution in [-0.4, -0.2) is 41.3 Å². The first-order chi connectivity index (χ1) is 13.8. The molecule has 0 atom stereocenters. The van der Waals surface area contributed by atoms with Gasteiger partial charge in [0.2, 0.25) is 10.0 Å². The van der Waals surface area contributed by atoms with Gasteiger partial charge in [-0.3, -0.25) is 0 Å². The van der Waals surface area contributed by atoms with Crippen molar-refractivity contribution in [2.45, 2.75) is 25.2 Å². The highest BCUT2D eigenvalue weighted by molar-refractivity contribution is 9.10. The fourth-order valence-corrected chi connectivity index (χ4v) is 4.23. The molecule has 0 aliphatic carbocycles. The second-order valence-electron chi connectivity index (χ2n) is 5.93. The van der Waals surface area contributed by atoms with Gasteiger partial charge in [-0.1, -0.05) is 22.0 Å². The lowest BCUT2D eigenvalue weighted by atomic mass is 10.1. The zero-order valence-electron chi connectivity index (χ0n) is 16.5. The Morgan fingerprint density at radius 2 is 1.72 bits per heavy atom. The van der Waals surface area contributed by atoms with Gasteiger partial charge in [-0.05, 0) is 56.2 Å². The fourth-order valence-electron chi connectivity index (χ4n) is 2.66. The van der Waals surface area contributed by atoms with Crippen LogP contribution >= 0.6 is 15.9 Å². The van der Waals surface area contributed by atoms with Crippen molar-refractivity contribution in [2.75, 3.05) is 26.9 Å². The molecule has 29 heavy (non-hydrogen) atoms. The van der Waals surface area contributed by atoms with Crippen LogP contribution in [0, 0.1) is 0 Å². The molecule has 1 N–H and O–H groups in total. The predicted molar refractivity (Wildman–Crippen MR) is 113 cm³/mol.